The number of hydrogen-bond acceptors (Lipinski definition) is 3. The van der Waals surface area contributed by atoms with Crippen LogP contribution in [0.4, 0.5) is 0 Å². The molecule has 0 aliphatic carbocycles. The van der Waals surface area contributed by atoms with Gasteiger partial charge < -0.3 is 9.72 Å². The summed E-state index contributed by atoms with van der Waals surface area (Å²) < 4.78 is 5.21. The Labute approximate surface area is 164 Å². The maximum absolute atomic E-state index is 13.4. The number of carbonyl (C=O) groups is 1. The molecule has 1 aromatic heterocycles. The van der Waals surface area contributed by atoms with Crippen molar-refractivity contribution < 1.29 is 9.53 Å². The predicted molar refractivity (Wildman–Crippen MR) is 112 cm³/mol. The monoisotopic (exact) mass is 370 g/mol. The highest BCUT2D eigenvalue weighted by atomic mass is 16.5. The number of rotatable bonds is 7. The number of hydrogen-bond donors (Lipinski definition) is 2. The van der Waals surface area contributed by atoms with Crippen LogP contribution in [0.5, 0.6) is 5.75 Å². The molecule has 1 atom stereocenters. The minimum Gasteiger partial charge on any atom is -0.497 e. The lowest BCUT2D eigenvalue weighted by Gasteiger charge is -2.18. The minimum atomic E-state index is -0.428. The van der Waals surface area contributed by atoms with Gasteiger partial charge in [0, 0.05) is 29.2 Å². The van der Waals surface area contributed by atoms with Crippen molar-refractivity contribution in [1.29, 1.82) is 0 Å². The van der Waals surface area contributed by atoms with E-state index in [0.717, 1.165) is 27.8 Å². The molecule has 0 bridgehead atoms. The van der Waals surface area contributed by atoms with E-state index in [1.165, 1.54) is 0 Å². The second-order valence-corrected chi connectivity index (χ2v) is 6.68. The number of nitrogens with one attached hydrogen (secondary N) is 2. The highest BCUT2D eigenvalue weighted by molar-refractivity contribution is 6.10. The Balaban J connectivity index is 1.62. The molecule has 1 heterocycles. The summed E-state index contributed by atoms with van der Waals surface area (Å²) in [6.07, 6.45) is 1.80. The lowest BCUT2D eigenvalue weighted by atomic mass is 9.96. The zero-order valence-corrected chi connectivity index (χ0v) is 15.7. The summed E-state index contributed by atoms with van der Waals surface area (Å²) in [5, 5.41) is 4.38. The van der Waals surface area contributed by atoms with E-state index < -0.39 is 6.04 Å². The van der Waals surface area contributed by atoms with Crippen LogP contribution in [0.1, 0.15) is 27.5 Å². The number of benzene rings is 3. The van der Waals surface area contributed by atoms with Gasteiger partial charge in [0.15, 0.2) is 5.78 Å². The first-order valence-corrected chi connectivity index (χ1v) is 9.28. The Morgan fingerprint density at radius 2 is 1.68 bits per heavy atom. The number of Topliss-reactive ketones (excluding diaryl/α,β-unsaturated/α-hetero) is 1. The molecule has 2 N–H and O–H groups in total. The third-order valence-electron chi connectivity index (χ3n) is 4.92. The van der Waals surface area contributed by atoms with Crippen LogP contribution in [0, 0.1) is 0 Å². The maximum atomic E-state index is 13.4. The summed E-state index contributed by atoms with van der Waals surface area (Å²) in [7, 11) is 1.65. The van der Waals surface area contributed by atoms with E-state index in [0.29, 0.717) is 12.1 Å². The Hall–Kier alpha value is -3.37. The number of ether oxygens (including phenoxy) is 1. The number of aromatic nitrogens is 1. The Morgan fingerprint density at radius 1 is 0.964 bits per heavy atom. The van der Waals surface area contributed by atoms with Gasteiger partial charge in [-0.25, -0.2) is 0 Å². The van der Waals surface area contributed by atoms with Crippen LogP contribution in [-0.4, -0.2) is 17.9 Å². The van der Waals surface area contributed by atoms with Crippen LogP contribution in [0.15, 0.2) is 85.1 Å². The van der Waals surface area contributed by atoms with E-state index in [1.807, 2.05) is 78.9 Å². The molecule has 0 spiro atoms. The van der Waals surface area contributed by atoms with E-state index >= 15 is 0 Å². The van der Waals surface area contributed by atoms with E-state index in [4.69, 9.17) is 4.74 Å². The number of methoxy groups -OCH3 is 1. The molecule has 0 unspecified atom stereocenters. The van der Waals surface area contributed by atoms with Crippen molar-refractivity contribution in [1.82, 2.24) is 10.3 Å². The summed E-state index contributed by atoms with van der Waals surface area (Å²) in [5.74, 6) is 0.871. The fraction of sp³-hybridized carbons (Fsp3) is 0.125. The van der Waals surface area contributed by atoms with E-state index in [-0.39, 0.29) is 5.78 Å². The summed E-state index contributed by atoms with van der Waals surface area (Å²) in [6.45, 7) is 0.581. The Kier molecular flexibility index (Phi) is 5.22. The van der Waals surface area contributed by atoms with Crippen molar-refractivity contribution >= 4 is 16.7 Å². The summed E-state index contributed by atoms with van der Waals surface area (Å²) >= 11 is 0. The van der Waals surface area contributed by atoms with Gasteiger partial charge in [-0.3, -0.25) is 10.1 Å². The van der Waals surface area contributed by atoms with Crippen molar-refractivity contribution in [3.8, 4) is 5.75 Å². The molecule has 0 saturated carbocycles. The first kappa shape index (κ1) is 18.0. The Morgan fingerprint density at radius 3 is 2.43 bits per heavy atom. The molecule has 3 aromatic carbocycles. The highest BCUT2D eigenvalue weighted by Gasteiger charge is 2.23. The predicted octanol–water partition coefficient (Wildman–Crippen LogP) is 4.89. The van der Waals surface area contributed by atoms with Crippen LogP contribution in [0.2, 0.25) is 0 Å². The number of para-hydroxylation sites is 1. The normalized spacial score (nSPS) is 12.0. The second-order valence-electron chi connectivity index (χ2n) is 6.68. The molecule has 28 heavy (non-hydrogen) atoms. The van der Waals surface area contributed by atoms with Crippen LogP contribution in [-0.2, 0) is 6.54 Å². The van der Waals surface area contributed by atoms with Gasteiger partial charge in [0.2, 0.25) is 0 Å². The van der Waals surface area contributed by atoms with Gasteiger partial charge in [0.25, 0.3) is 0 Å². The topological polar surface area (TPSA) is 54.1 Å². The quantitative estimate of drug-likeness (QED) is 0.455. The van der Waals surface area contributed by atoms with Gasteiger partial charge in [0.05, 0.1) is 13.2 Å². The van der Waals surface area contributed by atoms with E-state index in [9.17, 15) is 4.79 Å². The molecule has 0 amide bonds. The van der Waals surface area contributed by atoms with Crippen molar-refractivity contribution in [2.45, 2.75) is 12.6 Å². The molecular formula is C24H22N2O2. The lowest BCUT2D eigenvalue weighted by Crippen LogP contribution is -2.28. The molecule has 4 heteroatoms. The molecule has 0 radical (unpaired) electrons. The third kappa shape index (κ3) is 3.68. The average molecular weight is 370 g/mol. The highest BCUT2D eigenvalue weighted by Crippen LogP contribution is 2.25. The third-order valence-corrected chi connectivity index (χ3v) is 4.92. The van der Waals surface area contributed by atoms with Gasteiger partial charge in [-0.05, 0) is 29.3 Å². The molecule has 0 fully saturated rings. The van der Waals surface area contributed by atoms with Crippen molar-refractivity contribution in [3.63, 3.8) is 0 Å². The number of H-pyrrole nitrogens is 1. The van der Waals surface area contributed by atoms with Crippen molar-refractivity contribution in [2.24, 2.45) is 0 Å². The number of ketones is 1. The average Bonchev–Trinajstić information content (AvgIpc) is 3.19. The summed E-state index contributed by atoms with van der Waals surface area (Å²) in [5.41, 5.74) is 3.71. The minimum absolute atomic E-state index is 0.0529. The summed E-state index contributed by atoms with van der Waals surface area (Å²) in [6, 6.07) is 25.2. The first-order valence-electron chi connectivity index (χ1n) is 9.28. The van der Waals surface area contributed by atoms with E-state index in [2.05, 4.69) is 10.3 Å². The fourth-order valence-corrected chi connectivity index (χ4v) is 3.40. The zero-order valence-electron chi connectivity index (χ0n) is 15.7. The van der Waals surface area contributed by atoms with Crippen LogP contribution < -0.4 is 10.1 Å². The molecule has 4 rings (SSSR count). The molecule has 4 aromatic rings. The van der Waals surface area contributed by atoms with Crippen molar-refractivity contribution in [3.05, 3.63) is 102 Å². The largest absolute Gasteiger partial charge is 0.497 e. The SMILES string of the molecule is COc1ccc(CN[C@@H](C(=O)c2c[nH]c3ccccc23)c2ccccc2)cc1. The summed E-state index contributed by atoms with van der Waals surface area (Å²) in [4.78, 5) is 16.6. The number of carbonyl (C=O) groups excluding carboxylic acids is 1. The zero-order chi connectivity index (χ0) is 19.3. The second kappa shape index (κ2) is 8.11. The van der Waals surface area contributed by atoms with Crippen LogP contribution in [0.25, 0.3) is 10.9 Å². The van der Waals surface area contributed by atoms with Gasteiger partial charge in [-0.2, -0.15) is 0 Å². The molecule has 140 valence electrons. The Bertz CT molecular complexity index is 1070. The molecule has 0 aliphatic heterocycles. The molecule has 4 nitrogen and oxygen atoms in total. The van der Waals surface area contributed by atoms with Gasteiger partial charge in [-0.1, -0.05) is 60.7 Å². The van der Waals surface area contributed by atoms with E-state index in [1.54, 1.807) is 13.3 Å². The lowest BCUT2D eigenvalue weighted by molar-refractivity contribution is 0.0943. The van der Waals surface area contributed by atoms with Gasteiger partial charge >= 0.3 is 0 Å². The van der Waals surface area contributed by atoms with Crippen LogP contribution >= 0.6 is 0 Å². The van der Waals surface area contributed by atoms with Crippen molar-refractivity contribution in [2.75, 3.05) is 7.11 Å². The first-order chi connectivity index (χ1) is 13.8. The fourth-order valence-electron chi connectivity index (χ4n) is 3.40. The van der Waals surface area contributed by atoms with Crippen LogP contribution in [0.3, 0.4) is 0 Å². The standard InChI is InChI=1S/C24H22N2O2/c1-28-19-13-11-17(12-14-19)15-26-23(18-7-3-2-4-8-18)24(27)21-16-25-22-10-6-5-9-20(21)22/h2-14,16,23,25-26H,15H2,1H3/t23-/m1/s1. The maximum Gasteiger partial charge on any atom is 0.186 e. The molecular weight excluding hydrogens is 348 g/mol. The number of aromatic amines is 1. The van der Waals surface area contributed by atoms with Gasteiger partial charge in [-0.15, -0.1) is 0 Å². The molecule has 0 aliphatic rings. The molecule has 0 saturated heterocycles. The number of fused-ring (bicyclic) bond motifs is 1. The van der Waals surface area contributed by atoms with Gasteiger partial charge in [0.1, 0.15) is 5.75 Å². The smallest absolute Gasteiger partial charge is 0.186 e.